The largest absolute Gasteiger partial charge is 0.493 e. The molecular weight excluding hydrogens is 320 g/mol. The molecule has 0 aliphatic heterocycles. The molecule has 2 N–H and O–H groups in total. The minimum absolute atomic E-state index is 0.0190. The van der Waals surface area contributed by atoms with Crippen molar-refractivity contribution in [2.45, 2.75) is 0 Å². The van der Waals surface area contributed by atoms with Gasteiger partial charge in [-0.3, -0.25) is 0 Å². The van der Waals surface area contributed by atoms with Gasteiger partial charge in [0.25, 0.3) is 0 Å². The molecule has 0 aromatic heterocycles. The lowest BCUT2D eigenvalue weighted by atomic mass is 10.1. The van der Waals surface area contributed by atoms with Gasteiger partial charge in [-0.2, -0.15) is 0 Å². The Bertz CT molecular complexity index is 686. The molecule has 0 saturated carbocycles. The van der Waals surface area contributed by atoms with E-state index in [4.69, 9.17) is 24.4 Å². The third kappa shape index (κ3) is 5.11. The lowest BCUT2D eigenvalue weighted by Gasteiger charge is -2.14. The predicted molar refractivity (Wildman–Crippen MR) is 98.3 cm³/mol. The van der Waals surface area contributed by atoms with Crippen LogP contribution < -0.4 is 14.2 Å². The first-order chi connectivity index (χ1) is 12.2. The lowest BCUT2D eigenvalue weighted by molar-refractivity contribution is 0.343. The molecule has 0 aliphatic rings. The molecule has 2 rings (SSSR count). The summed E-state index contributed by atoms with van der Waals surface area (Å²) >= 11 is 0. The summed E-state index contributed by atoms with van der Waals surface area (Å²) < 4.78 is 16.7. The Morgan fingerprint density at radius 1 is 0.720 bits per heavy atom. The molecule has 0 spiro atoms. The average molecular weight is 342 g/mol. The topological polar surface area (TPSA) is 68.2 Å². The van der Waals surface area contributed by atoms with Crippen molar-refractivity contribution >= 4 is 12.2 Å². The van der Waals surface area contributed by atoms with E-state index in [1.807, 2.05) is 24.3 Å². The van der Waals surface area contributed by atoms with Crippen LogP contribution >= 0.6 is 0 Å². The number of ether oxygens (including phenoxy) is 3. The maximum atomic E-state index is 8.86. The van der Waals surface area contributed by atoms with Gasteiger partial charge in [-0.25, -0.2) is 0 Å². The number of benzene rings is 2. The summed E-state index contributed by atoms with van der Waals surface area (Å²) in [5.41, 5.74) is 1.80. The molecule has 2 aromatic rings. The monoisotopic (exact) mass is 342 g/mol. The van der Waals surface area contributed by atoms with Gasteiger partial charge in [-0.15, -0.1) is 0 Å². The quantitative estimate of drug-likeness (QED) is 0.768. The fourth-order valence-corrected chi connectivity index (χ4v) is 2.24. The third-order valence-corrected chi connectivity index (χ3v) is 3.43. The Morgan fingerprint density at radius 2 is 1.16 bits per heavy atom. The van der Waals surface area contributed by atoms with Crippen LogP contribution in [0.3, 0.4) is 0 Å². The molecular formula is C20H22O5. The van der Waals surface area contributed by atoms with E-state index in [1.165, 1.54) is 0 Å². The molecule has 0 saturated heterocycles. The Kier molecular flexibility index (Phi) is 7.07. The van der Waals surface area contributed by atoms with Crippen molar-refractivity contribution in [1.29, 1.82) is 0 Å². The molecule has 132 valence electrons. The number of rotatable bonds is 8. The second kappa shape index (κ2) is 9.52. The van der Waals surface area contributed by atoms with Gasteiger partial charge in [0.2, 0.25) is 0 Å². The summed E-state index contributed by atoms with van der Waals surface area (Å²) in [5, 5.41) is 17.7. The van der Waals surface area contributed by atoms with Crippen molar-refractivity contribution in [2.24, 2.45) is 0 Å². The predicted octanol–water partition coefficient (Wildman–Crippen LogP) is 3.51. The van der Waals surface area contributed by atoms with Gasteiger partial charge >= 0.3 is 0 Å². The summed E-state index contributed by atoms with van der Waals surface area (Å²) in [7, 11) is 3.14. The van der Waals surface area contributed by atoms with Crippen molar-refractivity contribution in [3.8, 4) is 23.0 Å². The Balaban J connectivity index is 2.29. The van der Waals surface area contributed by atoms with E-state index in [0.717, 1.165) is 11.1 Å². The van der Waals surface area contributed by atoms with E-state index in [0.29, 0.717) is 23.0 Å². The second-order valence-corrected chi connectivity index (χ2v) is 5.09. The number of hydrogen-bond donors (Lipinski definition) is 2. The first-order valence-corrected chi connectivity index (χ1v) is 7.80. The maximum absolute atomic E-state index is 8.86. The van der Waals surface area contributed by atoms with E-state index in [-0.39, 0.29) is 13.2 Å². The molecule has 0 amide bonds. The standard InChI is InChI=1S/C20H22O5/c1-23-19-13-15(5-3-11-21)7-9-17(19)25-18-10-8-16(6-4-12-22)14-20(18)24-2/h3-10,13-14,21-22H,11-12H2,1-2H3/b5-3-,6-4+. The highest BCUT2D eigenvalue weighted by atomic mass is 16.5. The van der Waals surface area contributed by atoms with Gasteiger partial charge in [0.1, 0.15) is 0 Å². The summed E-state index contributed by atoms with van der Waals surface area (Å²) in [6.45, 7) is -0.0380. The molecule has 2 aromatic carbocycles. The van der Waals surface area contributed by atoms with Crippen LogP contribution in [0.15, 0.2) is 48.6 Å². The van der Waals surface area contributed by atoms with Gasteiger partial charge in [0.05, 0.1) is 27.4 Å². The second-order valence-electron chi connectivity index (χ2n) is 5.09. The number of hydrogen-bond acceptors (Lipinski definition) is 5. The number of aliphatic hydroxyl groups excluding tert-OH is 2. The minimum Gasteiger partial charge on any atom is -0.493 e. The highest BCUT2D eigenvalue weighted by Gasteiger charge is 2.10. The first-order valence-electron chi connectivity index (χ1n) is 7.80. The molecule has 0 radical (unpaired) electrons. The Morgan fingerprint density at radius 3 is 1.52 bits per heavy atom. The minimum atomic E-state index is -0.0190. The highest BCUT2D eigenvalue weighted by molar-refractivity contribution is 5.59. The molecule has 5 nitrogen and oxygen atoms in total. The maximum Gasteiger partial charge on any atom is 0.169 e. The third-order valence-electron chi connectivity index (χ3n) is 3.43. The molecule has 0 aliphatic carbocycles. The molecule has 5 heteroatoms. The SMILES string of the molecule is COc1cc(/C=C\CO)ccc1Oc1ccc(/C=C/CO)cc1OC. The van der Waals surface area contributed by atoms with Crippen LogP contribution in [0.4, 0.5) is 0 Å². The molecule has 0 heterocycles. The van der Waals surface area contributed by atoms with E-state index in [9.17, 15) is 0 Å². The van der Waals surface area contributed by atoms with E-state index >= 15 is 0 Å². The van der Waals surface area contributed by atoms with Crippen LogP contribution in [-0.2, 0) is 0 Å². The molecule has 0 fully saturated rings. The number of aliphatic hydroxyl groups is 2. The summed E-state index contributed by atoms with van der Waals surface area (Å²) in [4.78, 5) is 0. The smallest absolute Gasteiger partial charge is 0.169 e. The highest BCUT2D eigenvalue weighted by Crippen LogP contribution is 2.37. The zero-order valence-corrected chi connectivity index (χ0v) is 14.3. The zero-order chi connectivity index (χ0) is 18.1. The number of methoxy groups -OCH3 is 2. The first kappa shape index (κ1) is 18.6. The van der Waals surface area contributed by atoms with Crippen LogP contribution in [0.2, 0.25) is 0 Å². The van der Waals surface area contributed by atoms with Gasteiger partial charge in [0.15, 0.2) is 23.0 Å². The van der Waals surface area contributed by atoms with Crippen LogP contribution in [0.25, 0.3) is 12.2 Å². The van der Waals surface area contributed by atoms with Crippen molar-refractivity contribution in [3.63, 3.8) is 0 Å². The van der Waals surface area contributed by atoms with Gasteiger partial charge < -0.3 is 24.4 Å². The van der Waals surface area contributed by atoms with Crippen molar-refractivity contribution in [1.82, 2.24) is 0 Å². The average Bonchev–Trinajstić information content (AvgIpc) is 2.66. The van der Waals surface area contributed by atoms with E-state index in [1.54, 1.807) is 50.7 Å². The Labute approximate surface area is 147 Å². The molecule has 25 heavy (non-hydrogen) atoms. The van der Waals surface area contributed by atoms with Crippen LogP contribution in [-0.4, -0.2) is 37.6 Å². The summed E-state index contributed by atoms with van der Waals surface area (Å²) in [6, 6.07) is 11.0. The molecule has 0 unspecified atom stereocenters. The van der Waals surface area contributed by atoms with Crippen molar-refractivity contribution < 1.29 is 24.4 Å². The fourth-order valence-electron chi connectivity index (χ4n) is 2.24. The van der Waals surface area contributed by atoms with E-state index < -0.39 is 0 Å². The van der Waals surface area contributed by atoms with Crippen LogP contribution in [0.1, 0.15) is 11.1 Å². The normalized spacial score (nSPS) is 11.2. The lowest BCUT2D eigenvalue weighted by Crippen LogP contribution is -1.94. The molecule has 0 bridgehead atoms. The molecule has 0 atom stereocenters. The van der Waals surface area contributed by atoms with E-state index in [2.05, 4.69) is 0 Å². The van der Waals surface area contributed by atoms with Gasteiger partial charge in [-0.1, -0.05) is 36.4 Å². The summed E-state index contributed by atoms with van der Waals surface area (Å²) in [6.07, 6.45) is 6.90. The van der Waals surface area contributed by atoms with Crippen molar-refractivity contribution in [3.05, 3.63) is 59.7 Å². The zero-order valence-electron chi connectivity index (χ0n) is 14.3. The van der Waals surface area contributed by atoms with Crippen LogP contribution in [0.5, 0.6) is 23.0 Å². The van der Waals surface area contributed by atoms with Gasteiger partial charge in [-0.05, 0) is 35.4 Å². The fraction of sp³-hybridized carbons (Fsp3) is 0.200. The van der Waals surface area contributed by atoms with Crippen LogP contribution in [0, 0.1) is 0 Å². The van der Waals surface area contributed by atoms with Crippen molar-refractivity contribution in [2.75, 3.05) is 27.4 Å². The summed E-state index contributed by atoms with van der Waals surface area (Å²) in [5.74, 6) is 2.26. The Hall–Kier alpha value is -2.76. The van der Waals surface area contributed by atoms with Gasteiger partial charge in [0, 0.05) is 0 Å².